The first kappa shape index (κ1) is 12.5. The van der Waals surface area contributed by atoms with E-state index in [2.05, 4.69) is 5.32 Å². The minimum Gasteiger partial charge on any atom is -0.454 e. The highest BCUT2D eigenvalue weighted by Crippen LogP contribution is 2.39. The Bertz CT molecular complexity index is 704. The van der Waals surface area contributed by atoms with Gasteiger partial charge >= 0.3 is 0 Å². The maximum absolute atomic E-state index is 6.23. The first-order chi connectivity index (χ1) is 10.3. The van der Waals surface area contributed by atoms with Crippen LogP contribution in [-0.4, -0.2) is 13.6 Å². The highest BCUT2D eigenvalue weighted by molar-refractivity contribution is 6.33. The smallest absolute Gasteiger partial charge is 0.231 e. The number of rotatable bonds is 3. The fraction of sp³-hybridized carbons (Fsp3) is 0.200. The SMILES string of the molecule is Clc1cc2c(cc1NCc1ccc3c(c1)OCO3)OCO2. The van der Waals surface area contributed by atoms with E-state index >= 15 is 0 Å². The van der Waals surface area contributed by atoms with E-state index in [0.717, 1.165) is 22.7 Å². The molecule has 2 aromatic carbocycles. The zero-order valence-corrected chi connectivity index (χ0v) is 11.8. The van der Waals surface area contributed by atoms with Crippen LogP contribution in [0.25, 0.3) is 0 Å². The number of hydrogen-bond donors (Lipinski definition) is 1. The molecule has 0 atom stereocenters. The summed E-state index contributed by atoms with van der Waals surface area (Å²) in [5, 5.41) is 3.88. The molecule has 0 fully saturated rings. The molecule has 2 aliphatic rings. The Labute approximate surface area is 126 Å². The summed E-state index contributed by atoms with van der Waals surface area (Å²) >= 11 is 6.23. The van der Waals surface area contributed by atoms with Gasteiger partial charge in [-0.15, -0.1) is 0 Å². The van der Waals surface area contributed by atoms with Crippen LogP contribution in [0.3, 0.4) is 0 Å². The predicted molar refractivity (Wildman–Crippen MR) is 77.5 cm³/mol. The number of fused-ring (bicyclic) bond motifs is 2. The van der Waals surface area contributed by atoms with Crippen molar-refractivity contribution in [3.8, 4) is 23.0 Å². The number of halogens is 1. The van der Waals surface area contributed by atoms with Crippen LogP contribution in [0.5, 0.6) is 23.0 Å². The average molecular weight is 306 g/mol. The number of anilines is 1. The van der Waals surface area contributed by atoms with Crippen molar-refractivity contribution in [2.24, 2.45) is 0 Å². The summed E-state index contributed by atoms with van der Waals surface area (Å²) in [4.78, 5) is 0. The van der Waals surface area contributed by atoms with Crippen LogP contribution in [-0.2, 0) is 6.54 Å². The molecule has 4 rings (SSSR count). The van der Waals surface area contributed by atoms with Gasteiger partial charge in [0.2, 0.25) is 13.6 Å². The van der Waals surface area contributed by atoms with Crippen molar-refractivity contribution in [3.05, 3.63) is 40.9 Å². The lowest BCUT2D eigenvalue weighted by atomic mass is 10.2. The molecule has 2 aromatic rings. The van der Waals surface area contributed by atoms with E-state index in [1.54, 1.807) is 6.07 Å². The van der Waals surface area contributed by atoms with E-state index in [-0.39, 0.29) is 13.6 Å². The fourth-order valence-electron chi connectivity index (χ4n) is 2.30. The van der Waals surface area contributed by atoms with E-state index in [1.165, 1.54) is 0 Å². The molecule has 0 aromatic heterocycles. The number of ether oxygens (including phenoxy) is 4. The highest BCUT2D eigenvalue weighted by atomic mass is 35.5. The zero-order chi connectivity index (χ0) is 14.2. The molecule has 0 radical (unpaired) electrons. The molecule has 6 heteroatoms. The lowest BCUT2D eigenvalue weighted by molar-refractivity contribution is 0.173. The quantitative estimate of drug-likeness (QED) is 0.941. The largest absolute Gasteiger partial charge is 0.454 e. The molecule has 1 N–H and O–H groups in total. The molecule has 2 aliphatic heterocycles. The third-order valence-corrected chi connectivity index (χ3v) is 3.69. The minimum absolute atomic E-state index is 0.233. The molecule has 0 amide bonds. The summed E-state index contributed by atoms with van der Waals surface area (Å²) < 4.78 is 21.3. The van der Waals surface area contributed by atoms with Gasteiger partial charge in [-0.1, -0.05) is 17.7 Å². The monoisotopic (exact) mass is 305 g/mol. The third kappa shape index (κ3) is 2.29. The molecule has 0 saturated carbocycles. The van der Waals surface area contributed by atoms with Crippen LogP contribution >= 0.6 is 11.6 Å². The van der Waals surface area contributed by atoms with Crippen molar-refractivity contribution in [1.82, 2.24) is 0 Å². The van der Waals surface area contributed by atoms with E-state index in [9.17, 15) is 0 Å². The Morgan fingerprint density at radius 3 is 2.33 bits per heavy atom. The molecular formula is C15H12ClNO4. The summed E-state index contributed by atoms with van der Waals surface area (Å²) in [6, 6.07) is 9.45. The van der Waals surface area contributed by atoms with Gasteiger partial charge in [-0.2, -0.15) is 0 Å². The van der Waals surface area contributed by atoms with Crippen LogP contribution in [0.1, 0.15) is 5.56 Å². The van der Waals surface area contributed by atoms with Crippen LogP contribution in [0.4, 0.5) is 5.69 Å². The summed E-state index contributed by atoms with van der Waals surface area (Å²) in [5.74, 6) is 2.92. The lowest BCUT2D eigenvalue weighted by Gasteiger charge is -2.10. The van der Waals surface area contributed by atoms with Crippen LogP contribution < -0.4 is 24.3 Å². The second-order valence-electron chi connectivity index (χ2n) is 4.73. The van der Waals surface area contributed by atoms with Gasteiger partial charge in [0.15, 0.2) is 23.0 Å². The third-order valence-electron chi connectivity index (χ3n) is 3.38. The van der Waals surface area contributed by atoms with Crippen molar-refractivity contribution in [2.75, 3.05) is 18.9 Å². The molecule has 21 heavy (non-hydrogen) atoms. The van der Waals surface area contributed by atoms with Crippen LogP contribution in [0.2, 0.25) is 5.02 Å². The highest BCUT2D eigenvalue weighted by Gasteiger charge is 2.17. The maximum atomic E-state index is 6.23. The van der Waals surface area contributed by atoms with Crippen molar-refractivity contribution < 1.29 is 18.9 Å². The fourth-order valence-corrected chi connectivity index (χ4v) is 2.52. The van der Waals surface area contributed by atoms with Gasteiger partial charge < -0.3 is 24.3 Å². The van der Waals surface area contributed by atoms with Gasteiger partial charge in [0.1, 0.15) is 0 Å². The first-order valence-corrected chi connectivity index (χ1v) is 6.89. The van der Waals surface area contributed by atoms with Gasteiger partial charge in [0, 0.05) is 18.7 Å². The Hall–Kier alpha value is -2.27. The summed E-state index contributed by atoms with van der Waals surface area (Å²) in [6.45, 7) is 1.13. The summed E-state index contributed by atoms with van der Waals surface area (Å²) in [7, 11) is 0. The normalized spacial score (nSPS) is 14.3. The lowest BCUT2D eigenvalue weighted by Crippen LogP contribution is -2.00. The Morgan fingerprint density at radius 1 is 0.857 bits per heavy atom. The zero-order valence-electron chi connectivity index (χ0n) is 11.0. The number of hydrogen-bond acceptors (Lipinski definition) is 5. The minimum atomic E-state index is 0.233. The number of benzene rings is 2. The Morgan fingerprint density at radius 2 is 1.52 bits per heavy atom. The maximum Gasteiger partial charge on any atom is 0.231 e. The van der Waals surface area contributed by atoms with Crippen molar-refractivity contribution >= 4 is 17.3 Å². The average Bonchev–Trinajstić information content (AvgIpc) is 3.12. The van der Waals surface area contributed by atoms with Gasteiger partial charge in [-0.25, -0.2) is 0 Å². The topological polar surface area (TPSA) is 49.0 Å². The second-order valence-corrected chi connectivity index (χ2v) is 5.13. The van der Waals surface area contributed by atoms with Gasteiger partial charge in [-0.05, 0) is 17.7 Å². The molecule has 0 saturated heterocycles. The predicted octanol–water partition coefficient (Wildman–Crippen LogP) is 3.41. The van der Waals surface area contributed by atoms with Gasteiger partial charge in [-0.3, -0.25) is 0 Å². The van der Waals surface area contributed by atoms with E-state index < -0.39 is 0 Å². The molecule has 2 heterocycles. The molecular weight excluding hydrogens is 294 g/mol. The van der Waals surface area contributed by atoms with E-state index in [4.69, 9.17) is 30.5 Å². The van der Waals surface area contributed by atoms with Crippen LogP contribution in [0.15, 0.2) is 30.3 Å². The standard InChI is InChI=1S/C15H12ClNO4/c16-10-4-14-15(21-8-20-14)5-11(10)17-6-9-1-2-12-13(3-9)19-7-18-12/h1-5,17H,6-8H2. The first-order valence-electron chi connectivity index (χ1n) is 6.51. The van der Waals surface area contributed by atoms with Crippen molar-refractivity contribution in [3.63, 3.8) is 0 Å². The van der Waals surface area contributed by atoms with Crippen molar-refractivity contribution in [2.45, 2.75) is 6.54 Å². The molecule has 0 bridgehead atoms. The van der Waals surface area contributed by atoms with Crippen molar-refractivity contribution in [1.29, 1.82) is 0 Å². The van der Waals surface area contributed by atoms with E-state index in [1.807, 2.05) is 24.3 Å². The second kappa shape index (κ2) is 4.93. The molecule has 0 spiro atoms. The summed E-state index contributed by atoms with van der Waals surface area (Å²) in [5.41, 5.74) is 1.88. The van der Waals surface area contributed by atoms with Gasteiger partial charge in [0.05, 0.1) is 10.7 Å². The van der Waals surface area contributed by atoms with Crippen LogP contribution in [0, 0.1) is 0 Å². The Kier molecular flexibility index (Phi) is 2.93. The summed E-state index contributed by atoms with van der Waals surface area (Å²) in [6.07, 6.45) is 0. The molecule has 108 valence electrons. The Balaban J connectivity index is 1.52. The number of nitrogens with one attached hydrogen (secondary N) is 1. The molecule has 0 aliphatic carbocycles. The van der Waals surface area contributed by atoms with Gasteiger partial charge in [0.25, 0.3) is 0 Å². The molecule has 5 nitrogen and oxygen atoms in total. The molecule has 0 unspecified atom stereocenters. The van der Waals surface area contributed by atoms with E-state index in [0.29, 0.717) is 23.1 Å².